The highest BCUT2D eigenvalue weighted by molar-refractivity contribution is 7.17. The van der Waals surface area contributed by atoms with Crippen molar-refractivity contribution in [2.75, 3.05) is 18.4 Å². The van der Waals surface area contributed by atoms with Gasteiger partial charge in [-0.15, -0.1) is 0 Å². The van der Waals surface area contributed by atoms with E-state index in [1.54, 1.807) is 48.5 Å². The largest absolute Gasteiger partial charge is 0.456 e. The van der Waals surface area contributed by atoms with Gasteiger partial charge in [0.2, 0.25) is 0 Å². The molecule has 9 nitrogen and oxygen atoms in total. The number of carbonyl (C=O) groups is 3. The minimum atomic E-state index is -0.606. The van der Waals surface area contributed by atoms with E-state index in [2.05, 4.69) is 15.6 Å². The molecule has 1 aromatic rings. The van der Waals surface area contributed by atoms with Crippen molar-refractivity contribution < 1.29 is 23.9 Å². The summed E-state index contributed by atoms with van der Waals surface area (Å²) in [6.07, 6.45) is -0.505. The van der Waals surface area contributed by atoms with Crippen molar-refractivity contribution in [2.24, 2.45) is 0 Å². The molecule has 156 valence electrons. The first kappa shape index (κ1) is 21.9. The van der Waals surface area contributed by atoms with Crippen molar-refractivity contribution >= 4 is 34.6 Å². The van der Waals surface area contributed by atoms with Crippen LogP contribution in [-0.4, -0.2) is 58.3 Å². The van der Waals surface area contributed by atoms with Crippen LogP contribution in [0.2, 0.25) is 0 Å². The van der Waals surface area contributed by atoms with E-state index in [0.717, 1.165) is 11.3 Å². The second-order valence-corrected chi connectivity index (χ2v) is 9.61. The van der Waals surface area contributed by atoms with E-state index in [1.165, 1.54) is 4.90 Å². The maximum Gasteiger partial charge on any atom is 0.407 e. The summed E-state index contributed by atoms with van der Waals surface area (Å²) in [5.74, 6) is -0.464. The summed E-state index contributed by atoms with van der Waals surface area (Å²) < 4.78 is 10.5. The molecule has 1 aliphatic heterocycles. The number of thiazole rings is 1. The molecule has 1 saturated heterocycles. The van der Waals surface area contributed by atoms with Crippen LogP contribution in [-0.2, 0) is 9.47 Å². The summed E-state index contributed by atoms with van der Waals surface area (Å²) in [7, 11) is 0. The van der Waals surface area contributed by atoms with Crippen LogP contribution in [0.15, 0.2) is 0 Å². The average molecular weight is 413 g/mol. The summed E-state index contributed by atoms with van der Waals surface area (Å²) in [6.45, 7) is 13.1. The Morgan fingerprint density at radius 3 is 2.18 bits per heavy atom. The number of nitrogens with zero attached hydrogens (tertiary/aromatic N) is 2. The maximum atomic E-state index is 12.3. The lowest BCUT2D eigenvalue weighted by molar-refractivity contribution is 0.00738. The SMILES string of the molecule is Cc1nc(NC(=O)N2CC(NC(=O)OC(C)(C)C)C2)sc1C(=O)OC(C)(C)C. The van der Waals surface area contributed by atoms with E-state index < -0.39 is 23.3 Å². The fourth-order valence-corrected chi connectivity index (χ4v) is 3.18. The molecule has 28 heavy (non-hydrogen) atoms. The quantitative estimate of drug-likeness (QED) is 0.738. The van der Waals surface area contributed by atoms with Gasteiger partial charge < -0.3 is 19.7 Å². The molecule has 0 aromatic carbocycles. The highest BCUT2D eigenvalue weighted by atomic mass is 32.1. The van der Waals surface area contributed by atoms with Gasteiger partial charge >= 0.3 is 18.1 Å². The molecule has 0 aliphatic carbocycles. The second-order valence-electron chi connectivity index (χ2n) is 8.61. The number of aromatic nitrogens is 1. The van der Waals surface area contributed by atoms with Gasteiger partial charge in [-0.3, -0.25) is 5.32 Å². The highest BCUT2D eigenvalue weighted by Gasteiger charge is 2.33. The Labute approximate surface area is 168 Å². The highest BCUT2D eigenvalue weighted by Crippen LogP contribution is 2.26. The Bertz CT molecular complexity index is 757. The van der Waals surface area contributed by atoms with E-state index in [4.69, 9.17) is 9.47 Å². The molecule has 0 unspecified atom stereocenters. The zero-order valence-corrected chi connectivity index (χ0v) is 18.2. The summed E-state index contributed by atoms with van der Waals surface area (Å²) >= 11 is 1.07. The van der Waals surface area contributed by atoms with Crippen LogP contribution in [0, 0.1) is 6.92 Å². The first-order valence-electron chi connectivity index (χ1n) is 9.00. The Hall–Kier alpha value is -2.36. The molecule has 0 saturated carbocycles. The molecule has 2 heterocycles. The normalized spacial score (nSPS) is 14.9. The third-order valence-corrected chi connectivity index (χ3v) is 4.54. The second kappa shape index (κ2) is 7.94. The number of alkyl carbamates (subject to hydrolysis) is 1. The van der Waals surface area contributed by atoms with Gasteiger partial charge in [0.1, 0.15) is 16.1 Å². The summed E-state index contributed by atoms with van der Waals surface area (Å²) in [5, 5.41) is 5.72. The van der Waals surface area contributed by atoms with Crippen LogP contribution < -0.4 is 10.6 Å². The molecular formula is C18H28N4O5S. The van der Waals surface area contributed by atoms with Crippen molar-refractivity contribution in [3.63, 3.8) is 0 Å². The molecular weight excluding hydrogens is 384 g/mol. The van der Waals surface area contributed by atoms with Crippen molar-refractivity contribution in [2.45, 2.75) is 65.7 Å². The molecule has 1 aliphatic rings. The number of urea groups is 1. The molecule has 0 spiro atoms. The van der Waals surface area contributed by atoms with Crippen molar-refractivity contribution in [3.05, 3.63) is 10.6 Å². The molecule has 1 fully saturated rings. The minimum absolute atomic E-state index is 0.157. The molecule has 0 radical (unpaired) electrons. The number of aryl methyl sites for hydroxylation is 1. The number of rotatable bonds is 3. The molecule has 0 atom stereocenters. The Morgan fingerprint density at radius 2 is 1.64 bits per heavy atom. The molecule has 2 N–H and O–H groups in total. The van der Waals surface area contributed by atoms with Gasteiger partial charge in [-0.2, -0.15) is 0 Å². The van der Waals surface area contributed by atoms with Gasteiger partial charge in [-0.25, -0.2) is 19.4 Å². The van der Waals surface area contributed by atoms with Gasteiger partial charge in [0.05, 0.1) is 11.7 Å². The van der Waals surface area contributed by atoms with E-state index in [1.807, 2.05) is 0 Å². The molecule has 0 bridgehead atoms. The van der Waals surface area contributed by atoms with Crippen LogP contribution in [0.1, 0.15) is 56.9 Å². The first-order chi connectivity index (χ1) is 12.7. The Balaban J connectivity index is 1.84. The number of hydrogen-bond acceptors (Lipinski definition) is 7. The van der Waals surface area contributed by atoms with Crippen molar-refractivity contribution in [1.29, 1.82) is 0 Å². The summed E-state index contributed by atoms with van der Waals surface area (Å²) in [5.41, 5.74) is -0.674. The summed E-state index contributed by atoms with van der Waals surface area (Å²) in [6, 6.07) is -0.498. The smallest absolute Gasteiger partial charge is 0.407 e. The van der Waals surface area contributed by atoms with Crippen LogP contribution in [0.5, 0.6) is 0 Å². The van der Waals surface area contributed by atoms with Gasteiger partial charge in [-0.05, 0) is 48.5 Å². The summed E-state index contributed by atoms with van der Waals surface area (Å²) in [4.78, 5) is 42.3. The van der Waals surface area contributed by atoms with Crippen molar-refractivity contribution in [3.8, 4) is 0 Å². The number of likely N-dealkylation sites (tertiary alicyclic amines) is 1. The Kier molecular flexibility index (Phi) is 6.22. The maximum absolute atomic E-state index is 12.3. The van der Waals surface area contributed by atoms with E-state index in [-0.39, 0.29) is 12.1 Å². The predicted molar refractivity (Wildman–Crippen MR) is 106 cm³/mol. The number of esters is 1. The van der Waals surface area contributed by atoms with E-state index in [9.17, 15) is 14.4 Å². The van der Waals surface area contributed by atoms with Gasteiger partial charge in [0.25, 0.3) is 0 Å². The molecule has 3 amide bonds. The standard InChI is InChI=1S/C18H28N4O5S/c1-10-12(13(23)26-17(2,3)4)28-14(19-10)21-15(24)22-8-11(9-22)20-16(25)27-18(5,6)7/h11H,8-9H2,1-7H3,(H,20,25)(H,19,21,24). The monoisotopic (exact) mass is 412 g/mol. The van der Waals surface area contributed by atoms with Gasteiger partial charge in [-0.1, -0.05) is 11.3 Å². The first-order valence-corrected chi connectivity index (χ1v) is 9.81. The van der Waals surface area contributed by atoms with Crippen LogP contribution in [0.3, 0.4) is 0 Å². The van der Waals surface area contributed by atoms with E-state index >= 15 is 0 Å². The topological polar surface area (TPSA) is 110 Å². The third-order valence-electron chi connectivity index (χ3n) is 3.48. The lowest BCUT2D eigenvalue weighted by Gasteiger charge is -2.39. The van der Waals surface area contributed by atoms with Crippen molar-refractivity contribution in [1.82, 2.24) is 15.2 Å². The van der Waals surface area contributed by atoms with Gasteiger partial charge in [0.15, 0.2) is 5.13 Å². The number of hydrogen-bond donors (Lipinski definition) is 2. The van der Waals surface area contributed by atoms with Crippen LogP contribution >= 0.6 is 11.3 Å². The fraction of sp³-hybridized carbons (Fsp3) is 0.667. The lowest BCUT2D eigenvalue weighted by atomic mass is 10.1. The van der Waals surface area contributed by atoms with E-state index in [0.29, 0.717) is 28.8 Å². The third kappa shape index (κ3) is 6.36. The number of carbonyl (C=O) groups excluding carboxylic acids is 3. The number of amides is 3. The number of nitrogens with one attached hydrogen (secondary N) is 2. The Morgan fingerprint density at radius 1 is 1.07 bits per heavy atom. The number of anilines is 1. The zero-order valence-electron chi connectivity index (χ0n) is 17.3. The minimum Gasteiger partial charge on any atom is -0.456 e. The number of ether oxygens (including phenoxy) is 2. The molecule has 2 rings (SSSR count). The predicted octanol–water partition coefficient (Wildman–Crippen LogP) is 3.15. The molecule has 1 aromatic heterocycles. The molecule has 10 heteroatoms. The van der Waals surface area contributed by atoms with Gasteiger partial charge in [0, 0.05) is 13.1 Å². The zero-order chi connectivity index (χ0) is 21.3. The van der Waals surface area contributed by atoms with Crippen LogP contribution in [0.4, 0.5) is 14.7 Å². The van der Waals surface area contributed by atoms with Crippen LogP contribution in [0.25, 0.3) is 0 Å². The lowest BCUT2D eigenvalue weighted by Crippen LogP contribution is -2.62. The fourth-order valence-electron chi connectivity index (χ4n) is 2.34. The average Bonchev–Trinajstić information content (AvgIpc) is 2.79.